The van der Waals surface area contributed by atoms with E-state index in [1.54, 1.807) is 24.0 Å². The van der Waals surface area contributed by atoms with Gasteiger partial charge in [-0.3, -0.25) is 4.98 Å². The van der Waals surface area contributed by atoms with Gasteiger partial charge < -0.3 is 10.3 Å². The maximum atomic E-state index is 5.68. The lowest BCUT2D eigenvalue weighted by Crippen LogP contribution is -1.95. The fraction of sp³-hybridized carbons (Fsp3) is 0.300. The minimum atomic E-state index is 0.736. The molecule has 6 heteroatoms. The van der Waals surface area contributed by atoms with Crippen LogP contribution in [-0.2, 0) is 12.8 Å². The molecule has 2 rings (SSSR count). The summed E-state index contributed by atoms with van der Waals surface area (Å²) in [6.45, 7) is 1.93. The quantitative estimate of drug-likeness (QED) is 0.814. The molecule has 0 aliphatic rings. The third kappa shape index (κ3) is 2.33. The number of hydrogen-bond acceptors (Lipinski definition) is 5. The minimum absolute atomic E-state index is 0.736. The summed E-state index contributed by atoms with van der Waals surface area (Å²) in [6.07, 6.45) is 1.72. The normalized spacial score (nSPS) is 10.6. The summed E-state index contributed by atoms with van der Waals surface area (Å²) in [5.74, 6) is 1.65. The first-order valence-corrected chi connectivity index (χ1v) is 5.84. The second-order valence-electron chi connectivity index (χ2n) is 3.46. The van der Waals surface area contributed by atoms with Gasteiger partial charge in [0.15, 0.2) is 5.16 Å². The summed E-state index contributed by atoms with van der Waals surface area (Å²) in [4.78, 5) is 4.23. The van der Waals surface area contributed by atoms with Crippen LogP contribution in [0.2, 0.25) is 0 Å². The number of aromatic nitrogens is 4. The van der Waals surface area contributed by atoms with Gasteiger partial charge in [-0.1, -0.05) is 11.8 Å². The number of pyridine rings is 1. The molecule has 0 saturated heterocycles. The summed E-state index contributed by atoms with van der Waals surface area (Å²) < 4.78 is 1.96. The summed E-state index contributed by atoms with van der Waals surface area (Å²) in [7, 11) is 1.95. The van der Waals surface area contributed by atoms with Gasteiger partial charge in [-0.05, 0) is 19.1 Å². The van der Waals surface area contributed by atoms with Crippen molar-refractivity contribution in [2.45, 2.75) is 17.8 Å². The standard InChI is InChI=1S/C10H13N5S/c1-7-13-14-10(15(7)2)16-6-9-5-8(11)3-4-12-9/h3-5H,6H2,1-2H3,(H2,11,12). The molecule has 2 aromatic rings. The van der Waals surface area contributed by atoms with Gasteiger partial charge in [-0.15, -0.1) is 10.2 Å². The highest BCUT2D eigenvalue weighted by atomic mass is 32.2. The molecule has 2 aromatic heterocycles. The number of hydrogen-bond donors (Lipinski definition) is 1. The molecule has 16 heavy (non-hydrogen) atoms. The Morgan fingerprint density at radius 1 is 1.44 bits per heavy atom. The molecule has 2 heterocycles. The lowest BCUT2D eigenvalue weighted by atomic mass is 10.3. The Kier molecular flexibility index (Phi) is 3.09. The van der Waals surface area contributed by atoms with Gasteiger partial charge in [-0.2, -0.15) is 0 Å². The third-order valence-corrected chi connectivity index (χ3v) is 3.30. The molecule has 0 aliphatic heterocycles. The highest BCUT2D eigenvalue weighted by molar-refractivity contribution is 7.98. The molecule has 0 saturated carbocycles. The van der Waals surface area contributed by atoms with Gasteiger partial charge >= 0.3 is 0 Å². The van der Waals surface area contributed by atoms with E-state index in [1.165, 1.54) is 0 Å². The van der Waals surface area contributed by atoms with Crippen LogP contribution < -0.4 is 5.73 Å². The Hall–Kier alpha value is -1.56. The zero-order chi connectivity index (χ0) is 11.5. The SMILES string of the molecule is Cc1nnc(SCc2cc(N)ccn2)n1C. The molecule has 0 radical (unpaired) electrons. The van der Waals surface area contributed by atoms with Gasteiger partial charge in [0.25, 0.3) is 0 Å². The van der Waals surface area contributed by atoms with E-state index in [0.717, 1.165) is 28.1 Å². The third-order valence-electron chi connectivity index (χ3n) is 2.24. The molecule has 0 fully saturated rings. The van der Waals surface area contributed by atoms with Crippen molar-refractivity contribution in [3.8, 4) is 0 Å². The van der Waals surface area contributed by atoms with E-state index in [1.807, 2.05) is 24.6 Å². The Morgan fingerprint density at radius 3 is 2.88 bits per heavy atom. The van der Waals surface area contributed by atoms with E-state index in [-0.39, 0.29) is 0 Å². The lowest BCUT2D eigenvalue weighted by molar-refractivity contribution is 0.765. The number of nitrogens with two attached hydrogens (primary N) is 1. The van der Waals surface area contributed by atoms with Crippen molar-refractivity contribution < 1.29 is 0 Å². The van der Waals surface area contributed by atoms with E-state index in [0.29, 0.717) is 0 Å². The molecule has 0 atom stereocenters. The second kappa shape index (κ2) is 4.52. The molecule has 0 aromatic carbocycles. The number of rotatable bonds is 3. The van der Waals surface area contributed by atoms with Crippen LogP contribution in [0.1, 0.15) is 11.5 Å². The highest BCUT2D eigenvalue weighted by Gasteiger charge is 2.06. The molecule has 0 unspecified atom stereocenters. The van der Waals surface area contributed by atoms with Crippen LogP contribution in [-0.4, -0.2) is 19.7 Å². The molecular weight excluding hydrogens is 222 g/mol. The first-order chi connectivity index (χ1) is 7.66. The first-order valence-electron chi connectivity index (χ1n) is 4.86. The molecule has 2 N–H and O–H groups in total. The Morgan fingerprint density at radius 2 is 2.25 bits per heavy atom. The van der Waals surface area contributed by atoms with Crippen molar-refractivity contribution in [2.75, 3.05) is 5.73 Å². The van der Waals surface area contributed by atoms with Crippen molar-refractivity contribution in [2.24, 2.45) is 7.05 Å². The Labute approximate surface area is 98.1 Å². The van der Waals surface area contributed by atoms with Gasteiger partial charge in [0.1, 0.15) is 5.82 Å². The van der Waals surface area contributed by atoms with Gasteiger partial charge in [-0.25, -0.2) is 0 Å². The van der Waals surface area contributed by atoms with Crippen molar-refractivity contribution in [1.29, 1.82) is 0 Å². The van der Waals surface area contributed by atoms with Crippen molar-refractivity contribution in [3.05, 3.63) is 29.8 Å². The maximum absolute atomic E-state index is 5.68. The molecule has 84 valence electrons. The van der Waals surface area contributed by atoms with Crippen LogP contribution in [0.25, 0.3) is 0 Å². The summed E-state index contributed by atoms with van der Waals surface area (Å²) in [5, 5.41) is 8.95. The average Bonchev–Trinajstić information content (AvgIpc) is 2.57. The van der Waals surface area contributed by atoms with E-state index in [2.05, 4.69) is 15.2 Å². The summed E-state index contributed by atoms with van der Waals surface area (Å²) in [5.41, 5.74) is 7.36. The van der Waals surface area contributed by atoms with Crippen molar-refractivity contribution in [1.82, 2.24) is 19.7 Å². The fourth-order valence-electron chi connectivity index (χ4n) is 1.23. The molecule has 0 spiro atoms. The highest BCUT2D eigenvalue weighted by Crippen LogP contribution is 2.20. The monoisotopic (exact) mass is 235 g/mol. The number of nitrogens with zero attached hydrogens (tertiary/aromatic N) is 4. The van der Waals surface area contributed by atoms with Crippen LogP contribution in [0.4, 0.5) is 5.69 Å². The second-order valence-corrected chi connectivity index (χ2v) is 4.40. The van der Waals surface area contributed by atoms with Crippen molar-refractivity contribution in [3.63, 3.8) is 0 Å². The number of thioether (sulfide) groups is 1. The lowest BCUT2D eigenvalue weighted by Gasteiger charge is -2.01. The Balaban J connectivity index is 2.05. The predicted octanol–water partition coefficient (Wildman–Crippen LogP) is 1.39. The topological polar surface area (TPSA) is 69.6 Å². The fourth-order valence-corrected chi connectivity index (χ4v) is 2.09. The number of nitrogen functional groups attached to an aromatic ring is 1. The largest absolute Gasteiger partial charge is 0.399 e. The van der Waals surface area contributed by atoms with E-state index in [9.17, 15) is 0 Å². The van der Waals surface area contributed by atoms with Gasteiger partial charge in [0, 0.05) is 24.7 Å². The zero-order valence-corrected chi connectivity index (χ0v) is 10.0. The maximum Gasteiger partial charge on any atom is 0.191 e. The molecule has 0 bridgehead atoms. The molecule has 0 amide bonds. The van der Waals surface area contributed by atoms with E-state index < -0.39 is 0 Å². The molecule has 5 nitrogen and oxygen atoms in total. The Bertz CT molecular complexity index is 494. The van der Waals surface area contributed by atoms with Gasteiger partial charge in [0.2, 0.25) is 0 Å². The van der Waals surface area contributed by atoms with Crippen LogP contribution in [0.5, 0.6) is 0 Å². The zero-order valence-electron chi connectivity index (χ0n) is 9.21. The predicted molar refractivity (Wildman–Crippen MR) is 64.0 cm³/mol. The first kappa shape index (κ1) is 10.9. The summed E-state index contributed by atoms with van der Waals surface area (Å²) in [6, 6.07) is 3.65. The summed E-state index contributed by atoms with van der Waals surface area (Å²) >= 11 is 1.60. The minimum Gasteiger partial charge on any atom is -0.399 e. The average molecular weight is 235 g/mol. The van der Waals surface area contributed by atoms with Crippen LogP contribution in [0, 0.1) is 6.92 Å². The van der Waals surface area contributed by atoms with E-state index in [4.69, 9.17) is 5.73 Å². The van der Waals surface area contributed by atoms with Crippen LogP contribution in [0.15, 0.2) is 23.5 Å². The van der Waals surface area contributed by atoms with E-state index >= 15 is 0 Å². The number of aryl methyl sites for hydroxylation is 1. The van der Waals surface area contributed by atoms with Crippen LogP contribution in [0.3, 0.4) is 0 Å². The van der Waals surface area contributed by atoms with Gasteiger partial charge in [0.05, 0.1) is 5.69 Å². The molecular formula is C10H13N5S. The van der Waals surface area contributed by atoms with Crippen molar-refractivity contribution >= 4 is 17.4 Å². The van der Waals surface area contributed by atoms with Crippen LogP contribution >= 0.6 is 11.8 Å². The molecule has 0 aliphatic carbocycles. The smallest absolute Gasteiger partial charge is 0.191 e. The number of anilines is 1.